The molecule has 100 valence electrons. The average molecular weight is 243 g/mol. The first-order chi connectivity index (χ1) is 7.70. The van der Waals surface area contributed by atoms with Gasteiger partial charge in [-0.3, -0.25) is 9.63 Å². The molecule has 0 saturated carbocycles. The van der Waals surface area contributed by atoms with E-state index < -0.39 is 5.97 Å². The van der Waals surface area contributed by atoms with Crippen molar-refractivity contribution in [2.75, 3.05) is 6.61 Å². The Labute approximate surface area is 104 Å². The molecular formula is C13H25NO3. The van der Waals surface area contributed by atoms with Gasteiger partial charge in [0.2, 0.25) is 0 Å². The number of hydroxylamine groups is 2. The summed E-state index contributed by atoms with van der Waals surface area (Å²) < 4.78 is 0. The van der Waals surface area contributed by atoms with Crippen LogP contribution < -0.4 is 0 Å². The molecule has 4 nitrogen and oxygen atoms in total. The fraction of sp³-hybridized carbons (Fsp3) is 0.923. The van der Waals surface area contributed by atoms with Crippen LogP contribution in [0.3, 0.4) is 0 Å². The number of aliphatic carboxylic acids is 1. The summed E-state index contributed by atoms with van der Waals surface area (Å²) in [6, 6.07) is 0. The van der Waals surface area contributed by atoms with Gasteiger partial charge in [-0.15, -0.1) is 0 Å². The summed E-state index contributed by atoms with van der Waals surface area (Å²) >= 11 is 0. The summed E-state index contributed by atoms with van der Waals surface area (Å²) in [5.41, 5.74) is -0.472. The van der Waals surface area contributed by atoms with Crippen molar-refractivity contribution in [1.29, 1.82) is 0 Å². The number of nitrogens with zero attached hydrogens (tertiary/aromatic N) is 1. The molecule has 1 aliphatic heterocycles. The first kappa shape index (κ1) is 14.5. The minimum Gasteiger partial charge on any atom is -0.481 e. The first-order valence-corrected chi connectivity index (χ1v) is 6.37. The quantitative estimate of drug-likeness (QED) is 0.824. The Balaban J connectivity index is 2.87. The minimum absolute atomic E-state index is 0.236. The zero-order valence-electron chi connectivity index (χ0n) is 11.6. The normalized spacial score (nSPS) is 24.8. The highest BCUT2D eigenvalue weighted by Gasteiger charge is 2.48. The van der Waals surface area contributed by atoms with Crippen molar-refractivity contribution in [2.24, 2.45) is 5.92 Å². The van der Waals surface area contributed by atoms with Gasteiger partial charge in [0.05, 0.1) is 12.5 Å². The lowest BCUT2D eigenvalue weighted by Crippen LogP contribution is -2.61. The molecule has 1 fully saturated rings. The maximum Gasteiger partial charge on any atom is 0.306 e. The number of carboxylic acid groups (broad SMARTS) is 1. The number of carboxylic acids is 1. The van der Waals surface area contributed by atoms with Crippen LogP contribution in [0.1, 0.15) is 53.9 Å². The Hall–Kier alpha value is -0.610. The van der Waals surface area contributed by atoms with Crippen LogP contribution in [0.25, 0.3) is 0 Å². The Kier molecular flexibility index (Phi) is 4.20. The van der Waals surface area contributed by atoms with Gasteiger partial charge in [0, 0.05) is 11.1 Å². The Morgan fingerprint density at radius 1 is 1.29 bits per heavy atom. The second-order valence-corrected chi connectivity index (χ2v) is 6.20. The van der Waals surface area contributed by atoms with Crippen LogP contribution >= 0.6 is 0 Å². The van der Waals surface area contributed by atoms with Crippen molar-refractivity contribution in [3.63, 3.8) is 0 Å². The third kappa shape index (κ3) is 3.19. The molecule has 0 bridgehead atoms. The van der Waals surface area contributed by atoms with Crippen molar-refractivity contribution in [1.82, 2.24) is 5.06 Å². The molecule has 1 rings (SSSR count). The summed E-state index contributed by atoms with van der Waals surface area (Å²) in [4.78, 5) is 17.0. The molecule has 1 heterocycles. The van der Waals surface area contributed by atoms with Crippen molar-refractivity contribution in [3.05, 3.63) is 0 Å². The lowest BCUT2D eigenvalue weighted by Gasteiger charge is -2.53. The molecule has 0 radical (unpaired) electrons. The Morgan fingerprint density at radius 2 is 1.76 bits per heavy atom. The number of rotatable bonds is 4. The lowest BCUT2D eigenvalue weighted by molar-refractivity contribution is -0.287. The zero-order valence-corrected chi connectivity index (χ0v) is 11.6. The SMILES string of the molecule is CCCON1C(C)(C)CC(C(=O)O)CC1(C)C. The van der Waals surface area contributed by atoms with E-state index in [1.807, 2.05) is 5.06 Å². The fourth-order valence-corrected chi connectivity index (χ4v) is 2.97. The van der Waals surface area contributed by atoms with Crippen molar-refractivity contribution < 1.29 is 14.7 Å². The van der Waals surface area contributed by atoms with Crippen LogP contribution in [0.15, 0.2) is 0 Å². The second kappa shape index (κ2) is 4.94. The van der Waals surface area contributed by atoms with Gasteiger partial charge in [-0.25, -0.2) is 0 Å². The standard InChI is InChI=1S/C13H25NO3/c1-6-7-17-14-12(2,3)8-10(11(15)16)9-13(14,4)5/h10H,6-9H2,1-5H3,(H,15,16). The highest BCUT2D eigenvalue weighted by Crippen LogP contribution is 2.41. The highest BCUT2D eigenvalue weighted by molar-refractivity contribution is 5.70. The van der Waals surface area contributed by atoms with Gasteiger partial charge in [-0.1, -0.05) is 6.92 Å². The maximum atomic E-state index is 11.2. The highest BCUT2D eigenvalue weighted by atomic mass is 16.7. The zero-order chi connectivity index (χ0) is 13.3. The number of hydrogen-bond donors (Lipinski definition) is 1. The van der Waals surface area contributed by atoms with E-state index in [0.717, 1.165) is 6.42 Å². The molecule has 0 unspecified atom stereocenters. The van der Waals surface area contributed by atoms with Crippen LogP contribution in [0.2, 0.25) is 0 Å². The van der Waals surface area contributed by atoms with Crippen molar-refractivity contribution in [3.8, 4) is 0 Å². The number of carbonyl (C=O) groups is 1. The molecule has 0 aromatic rings. The molecule has 1 saturated heterocycles. The van der Waals surface area contributed by atoms with Crippen LogP contribution in [-0.4, -0.2) is 33.8 Å². The predicted octanol–water partition coefficient (Wildman–Crippen LogP) is 2.68. The van der Waals surface area contributed by atoms with E-state index in [1.165, 1.54) is 0 Å². The molecule has 0 atom stereocenters. The molecule has 1 N–H and O–H groups in total. The van der Waals surface area contributed by atoms with E-state index in [9.17, 15) is 9.90 Å². The van der Waals surface area contributed by atoms with Crippen LogP contribution in [0.5, 0.6) is 0 Å². The third-order valence-electron chi connectivity index (χ3n) is 3.37. The number of piperidine rings is 1. The van der Waals surface area contributed by atoms with Crippen LogP contribution in [0, 0.1) is 5.92 Å². The van der Waals surface area contributed by atoms with E-state index in [-0.39, 0.29) is 17.0 Å². The van der Waals surface area contributed by atoms with Gasteiger partial charge in [0.15, 0.2) is 0 Å². The summed E-state index contributed by atoms with van der Waals surface area (Å²) in [7, 11) is 0. The van der Waals surface area contributed by atoms with Crippen LogP contribution in [0.4, 0.5) is 0 Å². The van der Waals surface area contributed by atoms with Gasteiger partial charge in [0.25, 0.3) is 0 Å². The summed E-state index contributed by atoms with van der Waals surface area (Å²) in [6.45, 7) is 11.0. The van der Waals surface area contributed by atoms with E-state index in [0.29, 0.717) is 19.4 Å². The monoisotopic (exact) mass is 243 g/mol. The molecule has 17 heavy (non-hydrogen) atoms. The molecule has 0 spiro atoms. The molecule has 0 amide bonds. The molecule has 0 aliphatic carbocycles. The van der Waals surface area contributed by atoms with Gasteiger partial charge in [0.1, 0.15) is 0 Å². The minimum atomic E-state index is -0.693. The summed E-state index contributed by atoms with van der Waals surface area (Å²) in [5, 5.41) is 11.2. The molecular weight excluding hydrogens is 218 g/mol. The van der Waals surface area contributed by atoms with Crippen molar-refractivity contribution >= 4 is 5.97 Å². The van der Waals surface area contributed by atoms with Gasteiger partial charge in [-0.2, -0.15) is 5.06 Å². The summed E-state index contributed by atoms with van der Waals surface area (Å²) in [6.07, 6.45) is 2.23. The van der Waals surface area contributed by atoms with E-state index in [1.54, 1.807) is 0 Å². The molecule has 1 aliphatic rings. The third-order valence-corrected chi connectivity index (χ3v) is 3.37. The fourth-order valence-electron chi connectivity index (χ4n) is 2.97. The topological polar surface area (TPSA) is 49.8 Å². The predicted molar refractivity (Wildman–Crippen MR) is 66.6 cm³/mol. The largest absolute Gasteiger partial charge is 0.481 e. The first-order valence-electron chi connectivity index (χ1n) is 6.37. The summed E-state index contributed by atoms with van der Waals surface area (Å²) in [5.74, 6) is -0.970. The smallest absolute Gasteiger partial charge is 0.306 e. The lowest BCUT2D eigenvalue weighted by atomic mass is 9.75. The average Bonchev–Trinajstić information content (AvgIpc) is 2.14. The van der Waals surface area contributed by atoms with Gasteiger partial charge < -0.3 is 5.11 Å². The second-order valence-electron chi connectivity index (χ2n) is 6.20. The van der Waals surface area contributed by atoms with E-state index in [2.05, 4.69) is 34.6 Å². The molecule has 0 aromatic heterocycles. The Morgan fingerprint density at radius 3 is 2.12 bits per heavy atom. The maximum absolute atomic E-state index is 11.2. The molecule has 4 heteroatoms. The van der Waals surface area contributed by atoms with Crippen LogP contribution in [-0.2, 0) is 9.63 Å². The number of hydrogen-bond acceptors (Lipinski definition) is 3. The van der Waals surface area contributed by atoms with E-state index in [4.69, 9.17) is 4.84 Å². The van der Waals surface area contributed by atoms with Gasteiger partial charge in [-0.05, 0) is 47.0 Å². The van der Waals surface area contributed by atoms with Crippen molar-refractivity contribution in [2.45, 2.75) is 65.0 Å². The van der Waals surface area contributed by atoms with Gasteiger partial charge >= 0.3 is 5.97 Å². The molecule has 0 aromatic carbocycles. The van der Waals surface area contributed by atoms with E-state index >= 15 is 0 Å². The Bertz CT molecular complexity index is 268.